The third-order valence-electron chi connectivity index (χ3n) is 4.10. The van der Waals surface area contributed by atoms with Gasteiger partial charge in [0.15, 0.2) is 0 Å². The smallest absolute Gasteiger partial charge is 0.0451 e. The van der Waals surface area contributed by atoms with Crippen molar-refractivity contribution >= 4 is 23.5 Å². The van der Waals surface area contributed by atoms with Gasteiger partial charge in [0.2, 0.25) is 0 Å². The fourth-order valence-corrected chi connectivity index (χ4v) is 6.37. The molecule has 3 unspecified atom stereocenters. The number of thioether (sulfide) groups is 2. The zero-order chi connectivity index (χ0) is 15.1. The van der Waals surface area contributed by atoms with Crippen LogP contribution in [0.1, 0.15) is 50.8 Å². The molecule has 0 spiro atoms. The van der Waals surface area contributed by atoms with Crippen molar-refractivity contribution in [1.82, 2.24) is 5.32 Å². The van der Waals surface area contributed by atoms with Crippen LogP contribution in [0.15, 0.2) is 24.3 Å². The highest BCUT2D eigenvalue weighted by molar-refractivity contribution is 8.07. The van der Waals surface area contributed by atoms with Crippen LogP contribution < -0.4 is 5.32 Å². The molecule has 0 bridgehead atoms. The largest absolute Gasteiger partial charge is 0.309 e. The van der Waals surface area contributed by atoms with Crippen molar-refractivity contribution in [2.24, 2.45) is 0 Å². The van der Waals surface area contributed by atoms with Crippen molar-refractivity contribution in [3.8, 4) is 0 Å². The van der Waals surface area contributed by atoms with Crippen molar-refractivity contribution in [3.05, 3.63) is 35.4 Å². The Bertz CT molecular complexity index is 421. The topological polar surface area (TPSA) is 12.0 Å². The van der Waals surface area contributed by atoms with E-state index in [0.717, 1.165) is 11.8 Å². The number of aryl methyl sites for hydroxylation is 1. The van der Waals surface area contributed by atoms with Gasteiger partial charge in [-0.2, -0.15) is 23.5 Å². The molecule has 1 fully saturated rings. The van der Waals surface area contributed by atoms with Gasteiger partial charge in [-0.3, -0.25) is 0 Å². The van der Waals surface area contributed by atoms with Gasteiger partial charge < -0.3 is 5.32 Å². The molecule has 0 amide bonds. The first-order valence-electron chi connectivity index (χ1n) is 8.35. The van der Waals surface area contributed by atoms with E-state index in [2.05, 4.69) is 73.9 Å². The molecular weight excluding hydrogens is 294 g/mol. The van der Waals surface area contributed by atoms with E-state index in [9.17, 15) is 0 Å². The third-order valence-corrected chi connectivity index (χ3v) is 7.45. The predicted octanol–water partition coefficient (Wildman–Crippen LogP) is 4.92. The Morgan fingerprint density at radius 2 is 2.00 bits per heavy atom. The van der Waals surface area contributed by atoms with Crippen molar-refractivity contribution in [2.75, 3.05) is 18.1 Å². The lowest BCUT2D eigenvalue weighted by Crippen LogP contribution is -2.38. The maximum Gasteiger partial charge on any atom is 0.0451 e. The Morgan fingerprint density at radius 1 is 1.19 bits per heavy atom. The van der Waals surface area contributed by atoms with Gasteiger partial charge in [0.25, 0.3) is 0 Å². The summed E-state index contributed by atoms with van der Waals surface area (Å²) in [4.78, 5) is 0. The Balaban J connectivity index is 2.22. The first kappa shape index (κ1) is 17.2. The van der Waals surface area contributed by atoms with Crippen LogP contribution in [-0.4, -0.2) is 28.6 Å². The monoisotopic (exact) mass is 323 g/mol. The lowest BCUT2D eigenvalue weighted by atomic mass is 9.97. The molecule has 3 atom stereocenters. The molecule has 0 aromatic heterocycles. The zero-order valence-corrected chi connectivity index (χ0v) is 15.2. The van der Waals surface area contributed by atoms with Gasteiger partial charge in [0.05, 0.1) is 0 Å². The summed E-state index contributed by atoms with van der Waals surface area (Å²) in [5, 5.41) is 5.25. The molecule has 1 aromatic rings. The third kappa shape index (κ3) is 4.67. The number of rotatable bonds is 7. The SMILES string of the molecule is CCCc1cccc(C(NCC)C2SCCSC2CC)c1. The van der Waals surface area contributed by atoms with Crippen LogP contribution in [0.5, 0.6) is 0 Å². The van der Waals surface area contributed by atoms with Gasteiger partial charge in [-0.1, -0.05) is 51.5 Å². The molecule has 0 radical (unpaired) electrons. The van der Waals surface area contributed by atoms with Crippen LogP contribution in [0.25, 0.3) is 0 Å². The summed E-state index contributed by atoms with van der Waals surface area (Å²) in [5.74, 6) is 2.61. The highest BCUT2D eigenvalue weighted by atomic mass is 32.2. The number of hydrogen-bond acceptors (Lipinski definition) is 3. The van der Waals surface area contributed by atoms with Crippen LogP contribution >= 0.6 is 23.5 Å². The fourth-order valence-electron chi connectivity index (χ4n) is 3.12. The fraction of sp³-hybridized carbons (Fsp3) is 0.667. The molecule has 118 valence electrons. The molecule has 0 saturated carbocycles. The first-order chi connectivity index (χ1) is 10.3. The van der Waals surface area contributed by atoms with Gasteiger partial charge in [0, 0.05) is 28.0 Å². The van der Waals surface area contributed by atoms with Crippen LogP contribution in [0, 0.1) is 0 Å². The number of nitrogens with one attached hydrogen (secondary N) is 1. The van der Waals surface area contributed by atoms with E-state index >= 15 is 0 Å². The van der Waals surface area contributed by atoms with E-state index in [1.807, 2.05) is 0 Å². The van der Waals surface area contributed by atoms with Gasteiger partial charge in [0.1, 0.15) is 0 Å². The zero-order valence-electron chi connectivity index (χ0n) is 13.6. The van der Waals surface area contributed by atoms with Crippen molar-refractivity contribution in [1.29, 1.82) is 0 Å². The molecule has 21 heavy (non-hydrogen) atoms. The summed E-state index contributed by atoms with van der Waals surface area (Å²) in [5.41, 5.74) is 2.97. The highest BCUT2D eigenvalue weighted by Crippen LogP contribution is 2.40. The van der Waals surface area contributed by atoms with Crippen molar-refractivity contribution in [3.63, 3.8) is 0 Å². The molecule has 1 saturated heterocycles. The second-order valence-electron chi connectivity index (χ2n) is 5.68. The summed E-state index contributed by atoms with van der Waals surface area (Å²) in [6.07, 6.45) is 3.69. The standard InChI is InChI=1S/C18H29NS2/c1-4-8-14-9-7-10-15(13-14)17(19-6-3)18-16(5-2)20-11-12-21-18/h7,9-10,13,16-19H,4-6,8,11-12H2,1-3H3. The summed E-state index contributed by atoms with van der Waals surface area (Å²) in [6, 6.07) is 9.76. The number of hydrogen-bond donors (Lipinski definition) is 1. The summed E-state index contributed by atoms with van der Waals surface area (Å²) in [6.45, 7) is 7.87. The molecule has 1 nitrogen and oxygen atoms in total. The van der Waals surface area contributed by atoms with Crippen LogP contribution in [0.2, 0.25) is 0 Å². The molecule has 1 N–H and O–H groups in total. The maximum absolute atomic E-state index is 3.77. The Morgan fingerprint density at radius 3 is 2.71 bits per heavy atom. The molecule has 1 heterocycles. The van der Waals surface area contributed by atoms with Crippen molar-refractivity contribution < 1.29 is 0 Å². The molecule has 1 aliphatic heterocycles. The molecule has 1 aromatic carbocycles. The molecule has 1 aliphatic rings. The summed E-state index contributed by atoms with van der Waals surface area (Å²) < 4.78 is 0. The highest BCUT2D eigenvalue weighted by Gasteiger charge is 2.32. The maximum atomic E-state index is 3.77. The normalized spacial score (nSPS) is 24.0. The van der Waals surface area contributed by atoms with Gasteiger partial charge in [-0.05, 0) is 30.5 Å². The molecule has 3 heteroatoms. The van der Waals surface area contributed by atoms with E-state index in [1.165, 1.54) is 41.9 Å². The van der Waals surface area contributed by atoms with E-state index in [1.54, 1.807) is 0 Å². The van der Waals surface area contributed by atoms with Crippen LogP contribution in [0.4, 0.5) is 0 Å². The minimum Gasteiger partial charge on any atom is -0.309 e. The Kier molecular flexibility index (Phi) is 7.48. The first-order valence-corrected chi connectivity index (χ1v) is 10.4. The summed E-state index contributed by atoms with van der Waals surface area (Å²) >= 11 is 4.35. The molecule has 2 rings (SSSR count). The van der Waals surface area contributed by atoms with Crippen LogP contribution in [0.3, 0.4) is 0 Å². The average Bonchev–Trinajstić information content (AvgIpc) is 2.53. The van der Waals surface area contributed by atoms with E-state index < -0.39 is 0 Å². The van der Waals surface area contributed by atoms with Gasteiger partial charge in [-0.25, -0.2) is 0 Å². The minimum atomic E-state index is 0.495. The Hall–Kier alpha value is -0.120. The lowest BCUT2D eigenvalue weighted by molar-refractivity contribution is 0.512. The van der Waals surface area contributed by atoms with E-state index in [0.29, 0.717) is 11.3 Å². The second-order valence-corrected chi connectivity index (χ2v) is 8.32. The Labute approximate surface area is 139 Å². The van der Waals surface area contributed by atoms with Gasteiger partial charge >= 0.3 is 0 Å². The minimum absolute atomic E-state index is 0.495. The van der Waals surface area contributed by atoms with E-state index in [4.69, 9.17) is 0 Å². The predicted molar refractivity (Wildman–Crippen MR) is 99.6 cm³/mol. The number of benzene rings is 1. The molecule has 0 aliphatic carbocycles. The van der Waals surface area contributed by atoms with Crippen LogP contribution in [-0.2, 0) is 6.42 Å². The van der Waals surface area contributed by atoms with Crippen molar-refractivity contribution in [2.45, 2.75) is 56.6 Å². The van der Waals surface area contributed by atoms with E-state index in [-0.39, 0.29) is 0 Å². The second kappa shape index (κ2) is 9.12. The average molecular weight is 324 g/mol. The summed E-state index contributed by atoms with van der Waals surface area (Å²) in [7, 11) is 0. The lowest BCUT2D eigenvalue weighted by Gasteiger charge is -2.36. The molecular formula is C18H29NS2. The quantitative estimate of drug-likeness (QED) is 0.765. The van der Waals surface area contributed by atoms with Gasteiger partial charge in [-0.15, -0.1) is 0 Å².